The molecule has 4 N–H and O–H groups in total. The lowest BCUT2D eigenvalue weighted by molar-refractivity contribution is -0.139. The lowest BCUT2D eigenvalue weighted by Crippen LogP contribution is -2.52. The fourth-order valence-electron chi connectivity index (χ4n) is 12.6. The number of aromatic nitrogens is 8. The van der Waals surface area contributed by atoms with Gasteiger partial charge in [-0.25, -0.2) is 19.9 Å². The van der Waals surface area contributed by atoms with E-state index >= 15 is 0 Å². The number of fused-ring (bicyclic) bond motifs is 6. The zero-order chi connectivity index (χ0) is 62.0. The monoisotopic (exact) mass is 1190 g/mol. The molecule has 3 amide bonds. The van der Waals surface area contributed by atoms with Gasteiger partial charge >= 0.3 is 12.4 Å². The summed E-state index contributed by atoms with van der Waals surface area (Å²) in [4.78, 5) is 98.6. The normalized spacial score (nSPS) is 19.8. The molecule has 0 radical (unpaired) electrons. The number of Topliss-reactive ketones (excluding diaryl/α,β-unsaturated/α-hetero) is 2. The van der Waals surface area contributed by atoms with Crippen molar-refractivity contribution in [1.29, 1.82) is 0 Å². The number of carbonyl (C=O) groups excluding carboxylic acids is 5. The van der Waals surface area contributed by atoms with Crippen LogP contribution in [-0.2, 0) is 39.6 Å². The van der Waals surface area contributed by atoms with Gasteiger partial charge < -0.3 is 26.2 Å². The van der Waals surface area contributed by atoms with Crippen LogP contribution in [0.1, 0.15) is 107 Å². The van der Waals surface area contributed by atoms with Crippen LogP contribution in [0.4, 0.5) is 38.0 Å². The number of nitrogen functional groups attached to an aromatic ring is 2. The maximum atomic E-state index is 13.2. The summed E-state index contributed by atoms with van der Waals surface area (Å²) >= 11 is 0. The SMILES string of the molecule is C=CC(=O)N1C2C[C@@H](C1c1nc(-c3ccc(C(=O)Cc4cc(C(F)(F)F)ccn4)cc3)c3c(N)nccn13)N(C(C)=O)C2.CC#CC(=O)N1C2C[C@@H](C1c1nc(-c3ccc(C(=O)Cc4cc(C(F)(F)F)ccn4)cc3)c3c(N)nccn13)N(C(C)C)C2. The van der Waals surface area contributed by atoms with Crippen molar-refractivity contribution in [1.82, 2.24) is 58.3 Å². The van der Waals surface area contributed by atoms with Gasteiger partial charge in [0.1, 0.15) is 57.8 Å². The Kier molecular flexibility index (Phi) is 15.5. The summed E-state index contributed by atoms with van der Waals surface area (Å²) in [6.07, 6.45) is 1.68. The topological polar surface area (TPSA) is 237 Å². The molecule has 0 saturated carbocycles. The summed E-state index contributed by atoms with van der Waals surface area (Å²) in [5.74, 6) is 5.66. The standard InChI is InChI=1S/C32H30F3N7O2.C30H26F3N7O3/c1-4-5-26(44)42-23-16-24(41(17-23)18(2)3)28(42)31-39-27(29-30(36)38-12-13-40(29)31)20-8-6-19(7-9-20)25(43)15-22-14-21(10-11-37-22)32(33,34)35;1-3-24(43)40-21-14-22(39(15-21)16(2)41)26(40)29-37-25(27-28(34)36-10-11-38(27)29)18-6-4-17(5-7-18)23(42)13-20-12-19(8-9-35-20)30(31,32)33/h6-14,18,23-24,28H,15-17H2,1-3H3,(H2,36,38);3-12,21-22,26H,1,13-15H2,2H3,(H2,34,36)/t23?,24-,28?;21?,22-,26?/m00/s1. The molecule has 6 atom stereocenters. The maximum Gasteiger partial charge on any atom is 0.416 e. The number of hydrogen-bond donors (Lipinski definition) is 2. The van der Waals surface area contributed by atoms with Crippen LogP contribution in [0.15, 0.2) is 123 Å². The Labute approximate surface area is 493 Å². The minimum Gasteiger partial charge on any atom is -0.382 e. The first-order valence-electron chi connectivity index (χ1n) is 27.7. The van der Waals surface area contributed by atoms with Crippen molar-refractivity contribution in [2.45, 2.75) is 108 Å². The summed E-state index contributed by atoms with van der Waals surface area (Å²) in [6, 6.07) is 15.5. The number of piperazine rings is 2. The number of likely N-dealkylation sites (tertiary alicyclic amines) is 4. The fourth-order valence-corrected chi connectivity index (χ4v) is 12.6. The van der Waals surface area contributed by atoms with E-state index in [2.05, 4.69) is 57.1 Å². The summed E-state index contributed by atoms with van der Waals surface area (Å²) in [6.45, 7) is 12.3. The number of alkyl halides is 6. The van der Waals surface area contributed by atoms with E-state index in [0.717, 1.165) is 49.6 Å². The first-order valence-corrected chi connectivity index (χ1v) is 27.7. The van der Waals surface area contributed by atoms with Gasteiger partial charge in [0.25, 0.3) is 5.91 Å². The van der Waals surface area contributed by atoms with E-state index in [0.29, 0.717) is 63.7 Å². The third-order valence-electron chi connectivity index (χ3n) is 16.4. The molecule has 19 nitrogen and oxygen atoms in total. The van der Waals surface area contributed by atoms with Crippen molar-refractivity contribution >= 4 is 52.0 Å². The summed E-state index contributed by atoms with van der Waals surface area (Å²) < 4.78 is 82.2. The van der Waals surface area contributed by atoms with Gasteiger partial charge in [-0.05, 0) is 69.9 Å². The molecule has 12 rings (SSSR count). The molecule has 8 aromatic rings. The minimum absolute atomic E-state index is 0.00680. The van der Waals surface area contributed by atoms with Crippen LogP contribution in [0.25, 0.3) is 33.5 Å². The average molecular weight is 1190 g/mol. The van der Waals surface area contributed by atoms with Crippen LogP contribution in [0.2, 0.25) is 0 Å². The number of rotatable bonds is 12. The Morgan fingerprint density at radius 1 is 0.655 bits per heavy atom. The van der Waals surface area contributed by atoms with E-state index in [1.165, 1.54) is 19.2 Å². The van der Waals surface area contributed by atoms with E-state index in [9.17, 15) is 50.3 Å². The molecular weight excluding hydrogens is 1130 g/mol. The van der Waals surface area contributed by atoms with E-state index in [-0.39, 0.29) is 101 Å². The van der Waals surface area contributed by atoms with Gasteiger partial charge in [0.15, 0.2) is 11.6 Å². The van der Waals surface area contributed by atoms with Crippen LogP contribution in [0.5, 0.6) is 0 Å². The molecule has 4 saturated heterocycles. The Balaban J connectivity index is 0.000000180. The van der Waals surface area contributed by atoms with Crippen molar-refractivity contribution in [3.8, 4) is 34.4 Å². The van der Waals surface area contributed by atoms with E-state index < -0.39 is 35.3 Å². The summed E-state index contributed by atoms with van der Waals surface area (Å²) in [7, 11) is 0. The van der Waals surface area contributed by atoms with Crippen LogP contribution in [-0.4, -0.2) is 131 Å². The van der Waals surface area contributed by atoms with Gasteiger partial charge in [-0.2, -0.15) is 26.3 Å². The van der Waals surface area contributed by atoms with Crippen LogP contribution < -0.4 is 11.5 Å². The molecule has 4 unspecified atom stereocenters. The van der Waals surface area contributed by atoms with Crippen LogP contribution >= 0.6 is 0 Å². The fraction of sp³-hybridized carbons (Fsp3) is 0.306. The highest BCUT2D eigenvalue weighted by molar-refractivity contribution is 5.99. The van der Waals surface area contributed by atoms with Gasteiger partial charge in [0, 0.05) is 109 Å². The highest BCUT2D eigenvalue weighted by Crippen LogP contribution is 2.48. The lowest BCUT2D eigenvalue weighted by Gasteiger charge is -2.41. The van der Waals surface area contributed by atoms with Gasteiger partial charge in [-0.3, -0.25) is 47.6 Å². The Hall–Kier alpha value is -9.83. The highest BCUT2D eigenvalue weighted by atomic mass is 19.4. The zero-order valence-corrected chi connectivity index (χ0v) is 47.3. The lowest BCUT2D eigenvalue weighted by atomic mass is 10.0. The Bertz CT molecular complexity index is 4130. The van der Waals surface area contributed by atoms with Gasteiger partial charge in [0.2, 0.25) is 11.8 Å². The average Bonchev–Trinajstić information content (AvgIpc) is 1.59. The number of anilines is 2. The molecule has 446 valence electrons. The summed E-state index contributed by atoms with van der Waals surface area (Å²) in [5, 5.41) is 0. The third kappa shape index (κ3) is 11.0. The number of pyridine rings is 2. The third-order valence-corrected chi connectivity index (χ3v) is 16.4. The molecule has 0 spiro atoms. The van der Waals surface area contributed by atoms with Crippen molar-refractivity contribution < 1.29 is 50.3 Å². The van der Waals surface area contributed by atoms with E-state index in [1.807, 2.05) is 9.30 Å². The number of hydrogen-bond acceptors (Lipinski definition) is 14. The molecule has 10 heterocycles. The number of carbonyl (C=O) groups is 5. The number of amides is 3. The Morgan fingerprint density at radius 2 is 1.11 bits per heavy atom. The minimum atomic E-state index is -4.54. The predicted octanol–water partition coefficient (Wildman–Crippen LogP) is 8.45. The van der Waals surface area contributed by atoms with Crippen molar-refractivity contribution in [3.05, 3.63) is 168 Å². The van der Waals surface area contributed by atoms with Crippen LogP contribution in [0, 0.1) is 11.8 Å². The smallest absolute Gasteiger partial charge is 0.382 e. The molecule has 25 heteroatoms. The first kappa shape index (κ1) is 58.9. The number of benzene rings is 2. The van der Waals surface area contributed by atoms with Gasteiger partial charge in [0.05, 0.1) is 36.1 Å². The number of halogens is 6. The first-order chi connectivity index (χ1) is 41.4. The van der Waals surface area contributed by atoms with Crippen LogP contribution in [0.3, 0.4) is 0 Å². The van der Waals surface area contributed by atoms with Gasteiger partial charge in [-0.15, -0.1) is 0 Å². The van der Waals surface area contributed by atoms with Crippen molar-refractivity contribution in [2.24, 2.45) is 0 Å². The molecule has 4 aliphatic heterocycles. The molecule has 6 aromatic heterocycles. The molecule has 2 aromatic carbocycles. The molecule has 4 aliphatic rings. The van der Waals surface area contributed by atoms with E-state index in [1.54, 1.807) is 88.2 Å². The van der Waals surface area contributed by atoms with Crippen molar-refractivity contribution in [2.75, 3.05) is 24.6 Å². The zero-order valence-electron chi connectivity index (χ0n) is 47.3. The second-order valence-corrected chi connectivity index (χ2v) is 21.9. The summed E-state index contributed by atoms with van der Waals surface area (Å²) in [5.41, 5.74) is 14.9. The number of imidazole rings is 2. The maximum absolute atomic E-state index is 13.2. The second-order valence-electron chi connectivity index (χ2n) is 21.9. The highest BCUT2D eigenvalue weighted by Gasteiger charge is 2.56. The predicted molar refractivity (Wildman–Crippen MR) is 307 cm³/mol. The molecular formula is C62H56F6N14O5. The molecule has 0 aliphatic carbocycles. The Morgan fingerprint density at radius 3 is 1.55 bits per heavy atom. The quantitative estimate of drug-likeness (QED) is 0.0505. The molecule has 4 fully saturated rings. The number of ketones is 2. The van der Waals surface area contributed by atoms with E-state index in [4.69, 9.17) is 21.4 Å². The van der Waals surface area contributed by atoms with Crippen molar-refractivity contribution in [3.63, 3.8) is 0 Å². The number of nitrogens with two attached hydrogens (primary N) is 2. The largest absolute Gasteiger partial charge is 0.416 e. The second kappa shape index (κ2) is 22.9. The molecule has 87 heavy (non-hydrogen) atoms. The molecule has 4 bridgehead atoms. The number of nitrogens with zero attached hydrogens (tertiary/aromatic N) is 12. The van der Waals surface area contributed by atoms with Gasteiger partial charge in [-0.1, -0.05) is 61.0 Å².